The van der Waals surface area contributed by atoms with Crippen molar-refractivity contribution in [1.29, 1.82) is 0 Å². The Morgan fingerprint density at radius 3 is 2.56 bits per heavy atom. The maximum absolute atomic E-state index is 12.6. The molecule has 2 heterocycles. The third-order valence-corrected chi connectivity index (χ3v) is 4.80. The second-order valence-electron chi connectivity index (χ2n) is 6.24. The fourth-order valence-corrected chi connectivity index (χ4v) is 3.18. The number of aromatic nitrogens is 1. The number of amides is 1. The third-order valence-electron chi connectivity index (χ3n) is 4.57. The summed E-state index contributed by atoms with van der Waals surface area (Å²) in [6.45, 7) is 8.59. The van der Waals surface area contributed by atoms with Gasteiger partial charge in [-0.1, -0.05) is 18.5 Å². The smallest absolute Gasteiger partial charge is 0.255 e. The van der Waals surface area contributed by atoms with Gasteiger partial charge in [0.1, 0.15) is 5.82 Å². The van der Waals surface area contributed by atoms with Crippen molar-refractivity contribution in [3.8, 4) is 0 Å². The number of halogens is 1. The molecule has 0 aliphatic carbocycles. The number of likely N-dealkylation sites (N-methyl/N-ethyl adjacent to an activating group) is 1. The van der Waals surface area contributed by atoms with Gasteiger partial charge in [0.25, 0.3) is 5.91 Å². The van der Waals surface area contributed by atoms with Crippen molar-refractivity contribution in [2.45, 2.75) is 13.8 Å². The van der Waals surface area contributed by atoms with E-state index in [-0.39, 0.29) is 5.91 Å². The van der Waals surface area contributed by atoms with Crippen molar-refractivity contribution in [3.05, 3.63) is 52.7 Å². The molecule has 1 aliphatic rings. The lowest BCUT2D eigenvalue weighted by Gasteiger charge is -2.34. The molecule has 6 heteroatoms. The van der Waals surface area contributed by atoms with Gasteiger partial charge in [-0.3, -0.25) is 4.79 Å². The highest BCUT2D eigenvalue weighted by Gasteiger charge is 2.21. The molecule has 1 aromatic heterocycles. The number of pyridine rings is 1. The molecule has 132 valence electrons. The number of carbonyl (C=O) groups excluding carboxylic acids is 1. The van der Waals surface area contributed by atoms with Crippen LogP contribution in [0.2, 0.25) is 5.02 Å². The largest absolute Gasteiger partial charge is 0.340 e. The molecule has 1 aliphatic heterocycles. The summed E-state index contributed by atoms with van der Waals surface area (Å²) in [4.78, 5) is 21.2. The number of carbonyl (C=O) groups is 1. The van der Waals surface area contributed by atoms with E-state index in [2.05, 4.69) is 22.1 Å². The van der Waals surface area contributed by atoms with Gasteiger partial charge >= 0.3 is 0 Å². The van der Waals surface area contributed by atoms with E-state index in [1.807, 2.05) is 42.2 Å². The maximum atomic E-state index is 12.6. The van der Waals surface area contributed by atoms with E-state index in [0.717, 1.165) is 44.0 Å². The lowest BCUT2D eigenvalue weighted by molar-refractivity contribution is 0.0643. The van der Waals surface area contributed by atoms with Crippen molar-refractivity contribution in [2.75, 3.05) is 38.0 Å². The minimum Gasteiger partial charge on any atom is -0.340 e. The Balaban J connectivity index is 1.64. The highest BCUT2D eigenvalue weighted by Crippen LogP contribution is 2.22. The molecule has 1 aromatic carbocycles. The number of rotatable bonds is 4. The first kappa shape index (κ1) is 17.7. The van der Waals surface area contributed by atoms with E-state index in [9.17, 15) is 4.79 Å². The van der Waals surface area contributed by atoms with E-state index >= 15 is 0 Å². The fourth-order valence-electron chi connectivity index (χ4n) is 2.95. The predicted molar refractivity (Wildman–Crippen MR) is 102 cm³/mol. The van der Waals surface area contributed by atoms with E-state index in [4.69, 9.17) is 11.6 Å². The number of piperazine rings is 1. The zero-order valence-corrected chi connectivity index (χ0v) is 15.4. The van der Waals surface area contributed by atoms with Crippen LogP contribution in [-0.2, 0) is 0 Å². The minimum absolute atomic E-state index is 0.0532. The Kier molecular flexibility index (Phi) is 5.56. The summed E-state index contributed by atoms with van der Waals surface area (Å²) in [5, 5.41) is 3.97. The molecule has 0 radical (unpaired) electrons. The van der Waals surface area contributed by atoms with Crippen LogP contribution in [0.15, 0.2) is 36.5 Å². The quantitative estimate of drug-likeness (QED) is 0.907. The second-order valence-corrected chi connectivity index (χ2v) is 6.68. The van der Waals surface area contributed by atoms with Crippen LogP contribution < -0.4 is 5.32 Å². The maximum Gasteiger partial charge on any atom is 0.255 e. The van der Waals surface area contributed by atoms with Crippen LogP contribution in [0.1, 0.15) is 22.8 Å². The number of nitrogens with one attached hydrogen (secondary N) is 1. The minimum atomic E-state index is 0.0532. The number of benzene rings is 1. The van der Waals surface area contributed by atoms with E-state index in [1.165, 1.54) is 0 Å². The van der Waals surface area contributed by atoms with Crippen molar-refractivity contribution < 1.29 is 4.79 Å². The molecule has 0 spiro atoms. The summed E-state index contributed by atoms with van der Waals surface area (Å²) in [5.74, 6) is 0.759. The summed E-state index contributed by atoms with van der Waals surface area (Å²) >= 11 is 5.98. The van der Waals surface area contributed by atoms with E-state index in [0.29, 0.717) is 16.4 Å². The van der Waals surface area contributed by atoms with Crippen LogP contribution in [0.5, 0.6) is 0 Å². The molecule has 1 fully saturated rings. The standard InChI is InChI=1S/C19H23ClN4O/c1-3-23-8-10-24(11-9-23)19(25)15-4-7-18(21-13-15)22-17-6-5-16(20)12-14(17)2/h4-7,12-13H,3,8-11H2,1-2H3,(H,21,22). The van der Waals surface area contributed by atoms with E-state index < -0.39 is 0 Å². The molecule has 25 heavy (non-hydrogen) atoms. The zero-order chi connectivity index (χ0) is 17.8. The van der Waals surface area contributed by atoms with Crippen LogP contribution >= 0.6 is 11.6 Å². The van der Waals surface area contributed by atoms with Gasteiger partial charge in [0.15, 0.2) is 0 Å². The molecule has 0 bridgehead atoms. The molecule has 1 saturated heterocycles. The van der Waals surface area contributed by atoms with Gasteiger partial charge in [-0.2, -0.15) is 0 Å². The molecule has 2 aromatic rings. The highest BCUT2D eigenvalue weighted by atomic mass is 35.5. The van der Waals surface area contributed by atoms with Crippen molar-refractivity contribution in [3.63, 3.8) is 0 Å². The summed E-state index contributed by atoms with van der Waals surface area (Å²) in [6.07, 6.45) is 1.64. The Labute approximate surface area is 153 Å². The van der Waals surface area contributed by atoms with Crippen LogP contribution in [0.25, 0.3) is 0 Å². The van der Waals surface area contributed by atoms with Gasteiger partial charge in [0, 0.05) is 43.1 Å². The van der Waals surface area contributed by atoms with Gasteiger partial charge in [0.05, 0.1) is 5.56 Å². The second kappa shape index (κ2) is 7.85. The Morgan fingerprint density at radius 1 is 1.20 bits per heavy atom. The average Bonchev–Trinajstić information content (AvgIpc) is 2.64. The molecular weight excluding hydrogens is 336 g/mol. The van der Waals surface area contributed by atoms with Crippen molar-refractivity contribution >= 4 is 29.0 Å². The predicted octanol–water partition coefficient (Wildman–Crippen LogP) is 3.56. The Bertz CT molecular complexity index is 740. The monoisotopic (exact) mass is 358 g/mol. The molecule has 1 N–H and O–H groups in total. The SMILES string of the molecule is CCN1CCN(C(=O)c2ccc(Nc3ccc(Cl)cc3C)nc2)CC1. The third kappa shape index (κ3) is 4.30. The van der Waals surface area contributed by atoms with Crippen LogP contribution in [-0.4, -0.2) is 53.4 Å². The molecule has 5 nitrogen and oxygen atoms in total. The molecule has 0 unspecified atom stereocenters. The van der Waals surface area contributed by atoms with Crippen LogP contribution in [0.4, 0.5) is 11.5 Å². The van der Waals surface area contributed by atoms with E-state index in [1.54, 1.807) is 6.20 Å². The molecule has 1 amide bonds. The van der Waals surface area contributed by atoms with Crippen molar-refractivity contribution in [2.24, 2.45) is 0 Å². The van der Waals surface area contributed by atoms with Gasteiger partial charge in [0.2, 0.25) is 0 Å². The fraction of sp³-hybridized carbons (Fsp3) is 0.368. The first-order chi connectivity index (χ1) is 12.1. The van der Waals surface area contributed by atoms with Gasteiger partial charge in [-0.05, 0) is 49.4 Å². The normalized spacial score (nSPS) is 15.2. The van der Waals surface area contributed by atoms with Crippen LogP contribution in [0.3, 0.4) is 0 Å². The number of nitrogens with zero attached hydrogens (tertiary/aromatic N) is 3. The molecular formula is C19H23ClN4O. The first-order valence-electron chi connectivity index (χ1n) is 8.57. The summed E-state index contributed by atoms with van der Waals surface area (Å²) in [5.41, 5.74) is 2.62. The topological polar surface area (TPSA) is 48.5 Å². The molecule has 0 saturated carbocycles. The summed E-state index contributed by atoms with van der Waals surface area (Å²) < 4.78 is 0. The first-order valence-corrected chi connectivity index (χ1v) is 8.95. The molecule has 3 rings (SSSR count). The zero-order valence-electron chi connectivity index (χ0n) is 14.6. The lowest BCUT2D eigenvalue weighted by atomic mass is 10.2. The Hall–Kier alpha value is -2.11. The Morgan fingerprint density at radius 2 is 1.96 bits per heavy atom. The number of aryl methyl sites for hydroxylation is 1. The lowest BCUT2D eigenvalue weighted by Crippen LogP contribution is -2.48. The number of hydrogen-bond donors (Lipinski definition) is 1. The highest BCUT2D eigenvalue weighted by molar-refractivity contribution is 6.30. The molecule has 0 atom stereocenters. The van der Waals surface area contributed by atoms with Crippen LogP contribution in [0, 0.1) is 6.92 Å². The van der Waals surface area contributed by atoms with Crippen molar-refractivity contribution in [1.82, 2.24) is 14.8 Å². The van der Waals surface area contributed by atoms with Gasteiger partial charge < -0.3 is 15.1 Å². The summed E-state index contributed by atoms with van der Waals surface area (Å²) in [6, 6.07) is 9.33. The average molecular weight is 359 g/mol. The van der Waals surface area contributed by atoms with Gasteiger partial charge in [-0.25, -0.2) is 4.98 Å². The summed E-state index contributed by atoms with van der Waals surface area (Å²) in [7, 11) is 0. The van der Waals surface area contributed by atoms with Gasteiger partial charge in [-0.15, -0.1) is 0 Å². The number of hydrogen-bond acceptors (Lipinski definition) is 4. The number of anilines is 2.